The van der Waals surface area contributed by atoms with Gasteiger partial charge in [0.15, 0.2) is 0 Å². The van der Waals surface area contributed by atoms with Crippen LogP contribution in [0, 0.1) is 5.92 Å². The van der Waals surface area contributed by atoms with Gasteiger partial charge in [-0.3, -0.25) is 4.79 Å². The number of anilines is 1. The second-order valence-corrected chi connectivity index (χ2v) is 5.92. The minimum atomic E-state index is -0.264. The van der Waals surface area contributed by atoms with E-state index in [1.54, 1.807) is 6.07 Å². The van der Waals surface area contributed by atoms with Crippen molar-refractivity contribution in [3.05, 3.63) is 28.8 Å². The quantitative estimate of drug-likeness (QED) is 0.793. The van der Waals surface area contributed by atoms with Crippen LogP contribution in [0.4, 0.5) is 5.69 Å². The van der Waals surface area contributed by atoms with E-state index in [4.69, 9.17) is 11.6 Å². The predicted octanol–water partition coefficient (Wildman–Crippen LogP) is 4.14. The maximum Gasteiger partial charge on any atom is 0.246 e. The Labute approximate surface area is 126 Å². The molecule has 1 aliphatic rings. The lowest BCUT2D eigenvalue weighted by molar-refractivity contribution is -0.117. The summed E-state index contributed by atoms with van der Waals surface area (Å²) in [6.07, 6.45) is 4.83. The summed E-state index contributed by atoms with van der Waals surface area (Å²) in [5, 5.41) is 6.97. The topological polar surface area (TPSA) is 41.1 Å². The molecule has 0 aliphatic carbocycles. The van der Waals surface area contributed by atoms with Gasteiger partial charge < -0.3 is 10.6 Å². The van der Waals surface area contributed by atoms with Gasteiger partial charge in [-0.25, -0.2) is 0 Å². The highest BCUT2D eigenvalue weighted by atomic mass is 35.5. The fourth-order valence-corrected chi connectivity index (χ4v) is 2.84. The van der Waals surface area contributed by atoms with Crippen LogP contribution in [0.5, 0.6) is 0 Å². The zero-order chi connectivity index (χ0) is 14.5. The SMILES string of the molecule is CCCCC(CC)CNC1C(=O)Nc2ccc(Cl)cc21. The summed E-state index contributed by atoms with van der Waals surface area (Å²) in [5.74, 6) is 0.651. The predicted molar refractivity (Wildman–Crippen MR) is 84.1 cm³/mol. The third-order valence-electron chi connectivity index (χ3n) is 4.00. The average molecular weight is 295 g/mol. The van der Waals surface area contributed by atoms with E-state index >= 15 is 0 Å². The molecule has 1 amide bonds. The van der Waals surface area contributed by atoms with E-state index in [0.29, 0.717) is 10.9 Å². The number of fused-ring (bicyclic) bond motifs is 1. The fourth-order valence-electron chi connectivity index (χ4n) is 2.66. The Hall–Kier alpha value is -1.06. The van der Waals surface area contributed by atoms with Crippen molar-refractivity contribution in [3.8, 4) is 0 Å². The maximum absolute atomic E-state index is 12.0. The number of unbranched alkanes of at least 4 members (excludes halogenated alkanes) is 1. The maximum atomic E-state index is 12.0. The summed E-state index contributed by atoms with van der Waals surface area (Å²) in [5.41, 5.74) is 1.84. The second kappa shape index (κ2) is 7.09. The van der Waals surface area contributed by atoms with E-state index in [1.807, 2.05) is 12.1 Å². The molecule has 1 heterocycles. The monoisotopic (exact) mass is 294 g/mol. The van der Waals surface area contributed by atoms with Crippen LogP contribution in [0.15, 0.2) is 18.2 Å². The van der Waals surface area contributed by atoms with Crippen molar-refractivity contribution in [3.63, 3.8) is 0 Å². The van der Waals surface area contributed by atoms with Gasteiger partial charge in [-0.1, -0.05) is 44.7 Å². The molecule has 0 aromatic heterocycles. The van der Waals surface area contributed by atoms with Crippen LogP contribution < -0.4 is 10.6 Å². The largest absolute Gasteiger partial charge is 0.324 e. The van der Waals surface area contributed by atoms with Gasteiger partial charge in [0.1, 0.15) is 6.04 Å². The summed E-state index contributed by atoms with van der Waals surface area (Å²) in [6.45, 7) is 5.30. The van der Waals surface area contributed by atoms with E-state index < -0.39 is 0 Å². The highest BCUT2D eigenvalue weighted by molar-refractivity contribution is 6.31. The second-order valence-electron chi connectivity index (χ2n) is 5.48. The molecule has 110 valence electrons. The molecule has 2 rings (SSSR count). The van der Waals surface area contributed by atoms with Crippen molar-refractivity contribution >= 4 is 23.2 Å². The molecule has 0 bridgehead atoms. The Kier molecular flexibility index (Phi) is 5.44. The number of halogens is 1. The van der Waals surface area contributed by atoms with Crippen molar-refractivity contribution in [1.29, 1.82) is 0 Å². The van der Waals surface area contributed by atoms with Crippen LogP contribution in [-0.4, -0.2) is 12.5 Å². The fraction of sp³-hybridized carbons (Fsp3) is 0.562. The first kappa shape index (κ1) is 15.3. The van der Waals surface area contributed by atoms with Gasteiger partial charge >= 0.3 is 0 Å². The summed E-state index contributed by atoms with van der Waals surface area (Å²) >= 11 is 6.03. The van der Waals surface area contributed by atoms with E-state index in [9.17, 15) is 4.79 Å². The summed E-state index contributed by atoms with van der Waals surface area (Å²) in [6, 6.07) is 5.28. The zero-order valence-corrected chi connectivity index (χ0v) is 13.0. The van der Waals surface area contributed by atoms with E-state index in [-0.39, 0.29) is 11.9 Å². The molecule has 0 radical (unpaired) electrons. The molecule has 0 fully saturated rings. The molecule has 1 aliphatic heterocycles. The molecule has 2 N–H and O–H groups in total. The van der Waals surface area contributed by atoms with E-state index in [2.05, 4.69) is 24.5 Å². The number of benzene rings is 1. The Bertz CT molecular complexity index is 476. The van der Waals surface area contributed by atoms with Gasteiger partial charge in [-0.15, -0.1) is 0 Å². The lowest BCUT2D eigenvalue weighted by Crippen LogP contribution is -2.31. The summed E-state index contributed by atoms with van der Waals surface area (Å²) in [4.78, 5) is 12.0. The standard InChI is InChI=1S/C16H23ClN2O/c1-3-5-6-11(4-2)10-18-15-13-9-12(17)7-8-14(13)19-16(15)20/h7-9,11,15,18H,3-6,10H2,1-2H3,(H,19,20). The first-order valence-electron chi connectivity index (χ1n) is 7.49. The molecule has 0 saturated heterocycles. The average Bonchev–Trinajstić information content (AvgIpc) is 2.74. The van der Waals surface area contributed by atoms with Gasteiger partial charge in [-0.05, 0) is 37.1 Å². The molecule has 3 nitrogen and oxygen atoms in total. The minimum absolute atomic E-state index is 0.0209. The molecule has 2 atom stereocenters. The van der Waals surface area contributed by atoms with Crippen molar-refractivity contribution in [2.75, 3.05) is 11.9 Å². The number of hydrogen-bond donors (Lipinski definition) is 2. The number of nitrogens with one attached hydrogen (secondary N) is 2. The highest BCUT2D eigenvalue weighted by Gasteiger charge is 2.30. The number of carbonyl (C=O) groups is 1. The van der Waals surface area contributed by atoms with Crippen LogP contribution >= 0.6 is 11.6 Å². The van der Waals surface area contributed by atoms with Crippen molar-refractivity contribution in [1.82, 2.24) is 5.32 Å². The molecule has 1 aromatic carbocycles. The lowest BCUT2D eigenvalue weighted by Gasteiger charge is -2.18. The third-order valence-corrected chi connectivity index (χ3v) is 4.23. The molecule has 1 aromatic rings. The normalized spacial score (nSPS) is 18.8. The minimum Gasteiger partial charge on any atom is -0.324 e. The Morgan fingerprint density at radius 2 is 2.20 bits per heavy atom. The van der Waals surface area contributed by atoms with Crippen LogP contribution in [0.1, 0.15) is 51.1 Å². The molecular formula is C16H23ClN2O. The van der Waals surface area contributed by atoms with Gasteiger partial charge in [0.25, 0.3) is 0 Å². The van der Waals surface area contributed by atoms with Crippen LogP contribution in [0.2, 0.25) is 5.02 Å². The summed E-state index contributed by atoms with van der Waals surface area (Å²) < 4.78 is 0. The molecule has 0 saturated carbocycles. The smallest absolute Gasteiger partial charge is 0.246 e. The van der Waals surface area contributed by atoms with Crippen LogP contribution in [0.25, 0.3) is 0 Å². The molecule has 2 unspecified atom stereocenters. The van der Waals surface area contributed by atoms with Gasteiger partial charge in [0, 0.05) is 16.3 Å². The van der Waals surface area contributed by atoms with Crippen molar-refractivity contribution in [2.45, 2.75) is 45.6 Å². The summed E-state index contributed by atoms with van der Waals surface area (Å²) in [7, 11) is 0. The van der Waals surface area contributed by atoms with Gasteiger partial charge in [0.05, 0.1) is 0 Å². The number of rotatable bonds is 7. The van der Waals surface area contributed by atoms with E-state index in [0.717, 1.165) is 24.2 Å². The third kappa shape index (κ3) is 3.53. The van der Waals surface area contributed by atoms with Crippen LogP contribution in [0.3, 0.4) is 0 Å². The molecule has 4 heteroatoms. The van der Waals surface area contributed by atoms with Gasteiger partial charge in [0.2, 0.25) is 5.91 Å². The first-order chi connectivity index (χ1) is 9.65. The zero-order valence-electron chi connectivity index (χ0n) is 12.2. The lowest BCUT2D eigenvalue weighted by atomic mass is 9.98. The van der Waals surface area contributed by atoms with Crippen molar-refractivity contribution < 1.29 is 4.79 Å². The van der Waals surface area contributed by atoms with Crippen LogP contribution in [-0.2, 0) is 4.79 Å². The molecule has 0 spiro atoms. The molecular weight excluding hydrogens is 272 g/mol. The number of amides is 1. The Balaban J connectivity index is 1.99. The first-order valence-corrected chi connectivity index (χ1v) is 7.87. The highest BCUT2D eigenvalue weighted by Crippen LogP contribution is 2.33. The Morgan fingerprint density at radius 1 is 1.40 bits per heavy atom. The van der Waals surface area contributed by atoms with Gasteiger partial charge in [-0.2, -0.15) is 0 Å². The van der Waals surface area contributed by atoms with E-state index in [1.165, 1.54) is 19.3 Å². The number of hydrogen-bond acceptors (Lipinski definition) is 2. The molecule has 20 heavy (non-hydrogen) atoms. The van der Waals surface area contributed by atoms with Crippen molar-refractivity contribution in [2.24, 2.45) is 5.92 Å². The number of carbonyl (C=O) groups excluding carboxylic acids is 1. The Morgan fingerprint density at radius 3 is 2.90 bits per heavy atom.